The van der Waals surface area contributed by atoms with E-state index in [2.05, 4.69) is 0 Å². The first kappa shape index (κ1) is 14.6. The summed E-state index contributed by atoms with van der Waals surface area (Å²) in [6.45, 7) is 0.594. The zero-order chi connectivity index (χ0) is 15.0. The summed E-state index contributed by atoms with van der Waals surface area (Å²) >= 11 is 12.5. The molecule has 1 aliphatic rings. The average Bonchev–Trinajstić information content (AvgIpc) is 2.88. The summed E-state index contributed by atoms with van der Waals surface area (Å²) in [5.74, 6) is -0.462. The van der Waals surface area contributed by atoms with Crippen LogP contribution in [0.5, 0.6) is 5.75 Å². The predicted octanol–water partition coefficient (Wildman–Crippen LogP) is 5.08. The number of rotatable bonds is 3. The first-order valence-electron chi connectivity index (χ1n) is 6.57. The normalized spacial score (nSPS) is 14.7. The zero-order valence-corrected chi connectivity index (χ0v) is 12.5. The lowest BCUT2D eigenvalue weighted by Crippen LogP contribution is -2.01. The van der Waals surface area contributed by atoms with E-state index in [0.29, 0.717) is 17.2 Å². The van der Waals surface area contributed by atoms with Crippen LogP contribution < -0.4 is 4.74 Å². The third kappa shape index (κ3) is 2.99. The molecule has 1 atom stereocenters. The molecule has 1 unspecified atom stereocenters. The molecule has 21 heavy (non-hydrogen) atoms. The van der Waals surface area contributed by atoms with Gasteiger partial charge in [0.25, 0.3) is 0 Å². The number of ether oxygens (including phenoxy) is 1. The second-order valence-corrected chi connectivity index (χ2v) is 5.95. The smallest absolute Gasteiger partial charge is 0.129 e. The van der Waals surface area contributed by atoms with Crippen LogP contribution in [0.4, 0.5) is 8.78 Å². The van der Waals surface area contributed by atoms with Gasteiger partial charge in [-0.25, -0.2) is 8.78 Å². The average molecular weight is 329 g/mol. The van der Waals surface area contributed by atoms with Crippen molar-refractivity contribution in [1.29, 1.82) is 0 Å². The van der Waals surface area contributed by atoms with Crippen LogP contribution >= 0.6 is 23.2 Å². The SMILES string of the molecule is Fc1ccc(CC(Cl)c2cc(Cl)cc3c2OCC3)c(F)c1. The summed E-state index contributed by atoms with van der Waals surface area (Å²) in [4.78, 5) is 0. The minimum absolute atomic E-state index is 0.240. The van der Waals surface area contributed by atoms with E-state index in [1.807, 2.05) is 6.07 Å². The maximum absolute atomic E-state index is 13.7. The summed E-state index contributed by atoms with van der Waals surface area (Å²) in [6, 6.07) is 7.09. The van der Waals surface area contributed by atoms with E-state index in [-0.39, 0.29) is 6.42 Å². The molecule has 0 aromatic heterocycles. The van der Waals surface area contributed by atoms with E-state index in [4.69, 9.17) is 27.9 Å². The molecule has 0 aliphatic carbocycles. The van der Waals surface area contributed by atoms with E-state index < -0.39 is 17.0 Å². The molecule has 0 N–H and O–H groups in total. The van der Waals surface area contributed by atoms with E-state index in [9.17, 15) is 8.78 Å². The number of hydrogen-bond donors (Lipinski definition) is 0. The van der Waals surface area contributed by atoms with Crippen molar-refractivity contribution >= 4 is 23.2 Å². The van der Waals surface area contributed by atoms with E-state index in [0.717, 1.165) is 29.4 Å². The lowest BCUT2D eigenvalue weighted by molar-refractivity contribution is 0.353. The molecule has 0 saturated carbocycles. The fraction of sp³-hybridized carbons (Fsp3) is 0.250. The van der Waals surface area contributed by atoms with Crippen molar-refractivity contribution in [3.63, 3.8) is 0 Å². The van der Waals surface area contributed by atoms with Crippen molar-refractivity contribution in [1.82, 2.24) is 0 Å². The molecule has 0 saturated heterocycles. The van der Waals surface area contributed by atoms with Gasteiger partial charge in [0.1, 0.15) is 17.4 Å². The number of hydrogen-bond acceptors (Lipinski definition) is 1. The molecule has 2 aromatic rings. The third-order valence-corrected chi connectivity index (χ3v) is 4.14. The standard InChI is InChI=1S/C16H12Cl2F2O/c17-11-5-10-3-4-21-16(10)13(7-11)14(18)6-9-1-2-12(19)8-15(9)20/h1-2,5,7-8,14H,3-4,6H2. The molecule has 1 nitrogen and oxygen atoms in total. The molecule has 110 valence electrons. The molecule has 0 amide bonds. The highest BCUT2D eigenvalue weighted by Gasteiger charge is 2.23. The largest absolute Gasteiger partial charge is 0.493 e. The first-order valence-corrected chi connectivity index (χ1v) is 7.39. The van der Waals surface area contributed by atoms with Gasteiger partial charge in [-0.2, -0.15) is 0 Å². The van der Waals surface area contributed by atoms with Gasteiger partial charge < -0.3 is 4.74 Å². The minimum atomic E-state index is -0.602. The molecule has 1 aliphatic heterocycles. The summed E-state index contributed by atoms with van der Waals surface area (Å²) in [7, 11) is 0. The topological polar surface area (TPSA) is 9.23 Å². The first-order chi connectivity index (χ1) is 10.0. The fourth-order valence-corrected chi connectivity index (χ4v) is 3.10. The Morgan fingerprint density at radius 1 is 1.19 bits per heavy atom. The van der Waals surface area contributed by atoms with Crippen LogP contribution in [0.15, 0.2) is 30.3 Å². The highest BCUT2D eigenvalue weighted by atomic mass is 35.5. The van der Waals surface area contributed by atoms with E-state index in [1.165, 1.54) is 12.1 Å². The monoisotopic (exact) mass is 328 g/mol. The molecule has 0 radical (unpaired) electrons. The third-order valence-electron chi connectivity index (χ3n) is 3.53. The summed E-state index contributed by atoms with van der Waals surface area (Å²) in [5.41, 5.74) is 2.13. The van der Waals surface area contributed by atoms with Gasteiger partial charge >= 0.3 is 0 Å². The Labute approximate surface area is 131 Å². The highest BCUT2D eigenvalue weighted by Crippen LogP contribution is 2.40. The maximum atomic E-state index is 13.7. The van der Waals surface area contributed by atoms with E-state index >= 15 is 0 Å². The van der Waals surface area contributed by atoms with Crippen LogP contribution in [-0.2, 0) is 12.8 Å². The molecule has 1 heterocycles. The Bertz CT molecular complexity index is 688. The van der Waals surface area contributed by atoms with Crippen LogP contribution in [0.1, 0.15) is 22.1 Å². The molecule has 5 heteroatoms. The van der Waals surface area contributed by atoms with Gasteiger partial charge in [0.05, 0.1) is 12.0 Å². The molecule has 0 bridgehead atoms. The van der Waals surface area contributed by atoms with Crippen molar-refractivity contribution in [2.75, 3.05) is 6.61 Å². The lowest BCUT2D eigenvalue weighted by atomic mass is 10.00. The Morgan fingerprint density at radius 2 is 2.00 bits per heavy atom. The molecular formula is C16H12Cl2F2O. The minimum Gasteiger partial charge on any atom is -0.493 e. The van der Waals surface area contributed by atoms with Gasteiger partial charge in [-0.05, 0) is 35.7 Å². The molecule has 0 spiro atoms. The quantitative estimate of drug-likeness (QED) is 0.714. The second kappa shape index (κ2) is 5.82. The van der Waals surface area contributed by atoms with Gasteiger partial charge in [0.15, 0.2) is 0 Å². The van der Waals surface area contributed by atoms with Crippen molar-refractivity contribution in [2.45, 2.75) is 18.2 Å². The molecule has 3 rings (SSSR count). The molecule has 0 fully saturated rings. The highest BCUT2D eigenvalue weighted by molar-refractivity contribution is 6.31. The van der Waals surface area contributed by atoms with Crippen LogP contribution in [0, 0.1) is 11.6 Å². The van der Waals surface area contributed by atoms with Crippen LogP contribution in [0.25, 0.3) is 0 Å². The van der Waals surface area contributed by atoms with Crippen LogP contribution in [0.2, 0.25) is 5.02 Å². The Hall–Kier alpha value is -1.32. The number of halogens is 4. The van der Waals surface area contributed by atoms with Gasteiger partial charge in [-0.3, -0.25) is 0 Å². The summed E-state index contributed by atoms with van der Waals surface area (Å²) in [5, 5.41) is 0.0926. The van der Waals surface area contributed by atoms with Crippen molar-refractivity contribution < 1.29 is 13.5 Å². The van der Waals surface area contributed by atoms with Gasteiger partial charge in [0.2, 0.25) is 0 Å². The summed E-state index contributed by atoms with van der Waals surface area (Å²) < 4.78 is 32.3. The number of fused-ring (bicyclic) bond motifs is 1. The van der Waals surface area contributed by atoms with Crippen molar-refractivity contribution in [3.05, 3.63) is 63.7 Å². The molecular weight excluding hydrogens is 317 g/mol. The predicted molar refractivity (Wildman–Crippen MR) is 79.3 cm³/mol. The van der Waals surface area contributed by atoms with Crippen LogP contribution in [0.3, 0.4) is 0 Å². The lowest BCUT2D eigenvalue weighted by Gasteiger charge is -2.15. The zero-order valence-electron chi connectivity index (χ0n) is 11.0. The molecule has 2 aromatic carbocycles. The van der Waals surface area contributed by atoms with Gasteiger partial charge in [-0.1, -0.05) is 17.7 Å². The van der Waals surface area contributed by atoms with Crippen LogP contribution in [-0.4, -0.2) is 6.61 Å². The van der Waals surface area contributed by atoms with Gasteiger partial charge in [-0.15, -0.1) is 11.6 Å². The van der Waals surface area contributed by atoms with Crippen molar-refractivity contribution in [3.8, 4) is 5.75 Å². The number of benzene rings is 2. The van der Waals surface area contributed by atoms with Gasteiger partial charge in [0, 0.05) is 23.1 Å². The Kier molecular flexibility index (Phi) is 4.05. The Balaban J connectivity index is 1.91. The number of alkyl halides is 1. The fourth-order valence-electron chi connectivity index (χ4n) is 2.52. The maximum Gasteiger partial charge on any atom is 0.129 e. The Morgan fingerprint density at radius 3 is 2.76 bits per heavy atom. The van der Waals surface area contributed by atoms with Crippen molar-refractivity contribution in [2.24, 2.45) is 0 Å². The second-order valence-electron chi connectivity index (χ2n) is 4.99. The van der Waals surface area contributed by atoms with E-state index in [1.54, 1.807) is 6.07 Å². The summed E-state index contributed by atoms with van der Waals surface area (Å²) in [6.07, 6.45) is 1.03.